The number of amides is 1. The van der Waals surface area contributed by atoms with E-state index in [1.165, 1.54) is 12.1 Å². The Bertz CT molecular complexity index is 466. The summed E-state index contributed by atoms with van der Waals surface area (Å²) in [6, 6.07) is 3.31. The summed E-state index contributed by atoms with van der Waals surface area (Å²) < 4.78 is 12.9. The van der Waals surface area contributed by atoms with E-state index in [-0.39, 0.29) is 11.5 Å². The molecule has 18 heavy (non-hydrogen) atoms. The molecule has 0 fully saturated rings. The Morgan fingerprint density at radius 3 is 2.44 bits per heavy atom. The van der Waals surface area contributed by atoms with Crippen LogP contribution in [0.4, 0.5) is 4.39 Å². The smallest absolute Gasteiger partial charge is 0.270 e. The molecule has 1 atom stereocenters. The van der Waals surface area contributed by atoms with Crippen molar-refractivity contribution in [2.75, 3.05) is 0 Å². The Morgan fingerprint density at radius 1 is 1.33 bits per heavy atom. The first kappa shape index (κ1) is 14.3. The molecule has 0 bridgehead atoms. The maximum atomic E-state index is 12.9. The predicted octanol–water partition coefficient (Wildman–Crippen LogP) is 1.95. The fourth-order valence-electron chi connectivity index (χ4n) is 1.52. The zero-order valence-electron chi connectivity index (χ0n) is 11.0. The Labute approximate surface area is 106 Å². The number of Topliss-reactive ketones (excluding diaryl/α,β-unsaturated/α-hetero) is 1. The number of nitrogens with one attached hydrogen (secondary N) is 1. The Kier molecular flexibility index (Phi) is 4.16. The molecule has 1 heterocycles. The van der Waals surface area contributed by atoms with Gasteiger partial charge in [-0.2, -0.15) is 4.39 Å². The minimum Gasteiger partial charge on any atom is -0.341 e. The summed E-state index contributed by atoms with van der Waals surface area (Å²) in [5.74, 6) is -1.37. The van der Waals surface area contributed by atoms with Crippen LogP contribution >= 0.6 is 0 Å². The largest absolute Gasteiger partial charge is 0.341 e. The van der Waals surface area contributed by atoms with Crippen LogP contribution in [0.1, 0.15) is 38.2 Å². The average molecular weight is 252 g/mol. The molecule has 0 saturated heterocycles. The van der Waals surface area contributed by atoms with Crippen LogP contribution in [0, 0.1) is 11.4 Å². The number of nitrogens with zero attached hydrogens (tertiary/aromatic N) is 1. The third-order valence-electron chi connectivity index (χ3n) is 2.43. The van der Waals surface area contributed by atoms with Gasteiger partial charge in [-0.05, 0) is 19.1 Å². The molecule has 5 heteroatoms. The lowest BCUT2D eigenvalue weighted by Gasteiger charge is -2.22. The third kappa shape index (κ3) is 3.61. The fourth-order valence-corrected chi connectivity index (χ4v) is 1.52. The predicted molar refractivity (Wildman–Crippen MR) is 65.6 cm³/mol. The molecule has 1 N–H and O–H groups in total. The number of halogens is 1. The monoisotopic (exact) mass is 252 g/mol. The van der Waals surface area contributed by atoms with Gasteiger partial charge in [-0.3, -0.25) is 9.59 Å². The van der Waals surface area contributed by atoms with Gasteiger partial charge in [0.2, 0.25) is 5.95 Å². The molecule has 0 aliphatic heterocycles. The van der Waals surface area contributed by atoms with Crippen molar-refractivity contribution in [2.45, 2.75) is 33.7 Å². The highest BCUT2D eigenvalue weighted by molar-refractivity contribution is 5.97. The number of carbonyl (C=O) groups excluding carboxylic acids is 2. The first-order valence-electron chi connectivity index (χ1n) is 5.69. The van der Waals surface area contributed by atoms with Crippen molar-refractivity contribution in [1.82, 2.24) is 10.3 Å². The zero-order chi connectivity index (χ0) is 13.9. The van der Waals surface area contributed by atoms with E-state index in [0.717, 1.165) is 6.07 Å². The lowest BCUT2D eigenvalue weighted by molar-refractivity contribution is -0.127. The second-order valence-electron chi connectivity index (χ2n) is 5.15. The van der Waals surface area contributed by atoms with Gasteiger partial charge in [0.25, 0.3) is 5.91 Å². The topological polar surface area (TPSA) is 59.1 Å². The third-order valence-corrected chi connectivity index (χ3v) is 2.43. The highest BCUT2D eigenvalue weighted by atomic mass is 19.1. The van der Waals surface area contributed by atoms with E-state index in [0.29, 0.717) is 0 Å². The molecule has 4 nitrogen and oxygen atoms in total. The number of hydrogen-bond acceptors (Lipinski definition) is 3. The van der Waals surface area contributed by atoms with Crippen LogP contribution in [0.25, 0.3) is 0 Å². The second-order valence-corrected chi connectivity index (χ2v) is 5.15. The van der Waals surface area contributed by atoms with Crippen molar-refractivity contribution in [1.29, 1.82) is 0 Å². The number of carbonyl (C=O) groups is 2. The van der Waals surface area contributed by atoms with Gasteiger partial charge in [0.1, 0.15) is 5.69 Å². The van der Waals surface area contributed by atoms with Crippen molar-refractivity contribution in [3.63, 3.8) is 0 Å². The van der Waals surface area contributed by atoms with E-state index in [1.807, 2.05) is 0 Å². The lowest BCUT2D eigenvalue weighted by Crippen LogP contribution is -2.43. The molecule has 0 spiro atoms. The molecule has 98 valence electrons. The molecular weight excluding hydrogens is 235 g/mol. The summed E-state index contributed by atoms with van der Waals surface area (Å²) in [4.78, 5) is 27.1. The maximum Gasteiger partial charge on any atom is 0.270 e. The number of ketones is 1. The quantitative estimate of drug-likeness (QED) is 0.836. The van der Waals surface area contributed by atoms with E-state index in [2.05, 4.69) is 10.3 Å². The van der Waals surface area contributed by atoms with Gasteiger partial charge >= 0.3 is 0 Å². The summed E-state index contributed by atoms with van der Waals surface area (Å²) in [5.41, 5.74) is -0.578. The molecule has 1 aromatic heterocycles. The van der Waals surface area contributed by atoms with E-state index in [1.54, 1.807) is 27.7 Å². The number of rotatable bonds is 3. The average Bonchev–Trinajstić information content (AvgIpc) is 2.26. The van der Waals surface area contributed by atoms with Gasteiger partial charge in [0.05, 0.1) is 6.04 Å². The first-order chi connectivity index (χ1) is 8.21. The van der Waals surface area contributed by atoms with Crippen LogP contribution in [0.3, 0.4) is 0 Å². The van der Waals surface area contributed by atoms with Crippen molar-refractivity contribution < 1.29 is 14.0 Å². The minimum atomic E-state index is -0.725. The van der Waals surface area contributed by atoms with Gasteiger partial charge in [-0.25, -0.2) is 4.98 Å². The molecule has 1 amide bonds. The van der Waals surface area contributed by atoms with Crippen LogP contribution < -0.4 is 5.32 Å². The summed E-state index contributed by atoms with van der Waals surface area (Å²) in [7, 11) is 0. The maximum absolute atomic E-state index is 12.9. The standard InChI is InChI=1S/C13H17FN2O2/c1-8(11(17)13(2,3)4)15-12(18)9-6-5-7-10(14)16-9/h5-8H,1-4H3,(H,15,18)/t8-/m0/s1. The van der Waals surface area contributed by atoms with Crippen LogP contribution in [-0.4, -0.2) is 22.7 Å². The lowest BCUT2D eigenvalue weighted by atomic mass is 9.87. The van der Waals surface area contributed by atoms with Gasteiger partial charge < -0.3 is 5.32 Å². The van der Waals surface area contributed by atoms with Gasteiger partial charge in [-0.1, -0.05) is 26.8 Å². The molecule has 0 aliphatic rings. The minimum absolute atomic E-state index is 0.0384. The number of aromatic nitrogens is 1. The highest BCUT2D eigenvalue weighted by Gasteiger charge is 2.28. The Hall–Kier alpha value is -1.78. The zero-order valence-corrected chi connectivity index (χ0v) is 11.0. The summed E-state index contributed by atoms with van der Waals surface area (Å²) in [5, 5.41) is 2.51. The summed E-state index contributed by atoms with van der Waals surface area (Å²) in [6.45, 7) is 6.93. The van der Waals surface area contributed by atoms with E-state index < -0.39 is 23.3 Å². The summed E-state index contributed by atoms with van der Waals surface area (Å²) >= 11 is 0. The highest BCUT2D eigenvalue weighted by Crippen LogP contribution is 2.16. The Morgan fingerprint density at radius 2 is 1.94 bits per heavy atom. The van der Waals surface area contributed by atoms with Gasteiger partial charge in [0.15, 0.2) is 5.78 Å². The molecule has 0 radical (unpaired) electrons. The molecule has 1 rings (SSSR count). The van der Waals surface area contributed by atoms with Crippen molar-refractivity contribution in [2.24, 2.45) is 5.41 Å². The van der Waals surface area contributed by atoms with Crippen LogP contribution in [0.15, 0.2) is 18.2 Å². The van der Waals surface area contributed by atoms with E-state index >= 15 is 0 Å². The van der Waals surface area contributed by atoms with Crippen molar-refractivity contribution in [3.05, 3.63) is 29.8 Å². The van der Waals surface area contributed by atoms with Crippen LogP contribution in [0.2, 0.25) is 0 Å². The Balaban J connectivity index is 2.74. The molecule has 0 unspecified atom stereocenters. The SMILES string of the molecule is C[C@H](NC(=O)c1cccc(F)n1)C(=O)C(C)(C)C. The number of pyridine rings is 1. The normalized spacial score (nSPS) is 12.9. The fraction of sp³-hybridized carbons (Fsp3) is 0.462. The second kappa shape index (κ2) is 5.25. The first-order valence-corrected chi connectivity index (χ1v) is 5.69. The summed E-state index contributed by atoms with van der Waals surface area (Å²) in [6.07, 6.45) is 0. The molecular formula is C13H17FN2O2. The van der Waals surface area contributed by atoms with Crippen LogP contribution in [0.5, 0.6) is 0 Å². The van der Waals surface area contributed by atoms with Gasteiger partial charge in [0, 0.05) is 5.41 Å². The van der Waals surface area contributed by atoms with E-state index in [9.17, 15) is 14.0 Å². The van der Waals surface area contributed by atoms with Gasteiger partial charge in [-0.15, -0.1) is 0 Å². The molecule has 0 aliphatic carbocycles. The molecule has 1 aromatic rings. The molecule has 0 aromatic carbocycles. The number of hydrogen-bond donors (Lipinski definition) is 1. The van der Waals surface area contributed by atoms with Crippen LogP contribution in [-0.2, 0) is 4.79 Å². The van der Waals surface area contributed by atoms with E-state index in [4.69, 9.17) is 0 Å². The van der Waals surface area contributed by atoms with Crippen molar-refractivity contribution in [3.8, 4) is 0 Å². The molecule has 0 saturated carbocycles. The van der Waals surface area contributed by atoms with Crippen molar-refractivity contribution >= 4 is 11.7 Å².